The SMILES string of the molecule is [BH3-]P1(=O)OC[C@@]2(C)C[C@@H](C)C(C)(C)[C@@H]2OP([BH3-])(=O)OC[C@@]2(C)C[C@@H](C)[C@H](O1)C2(C)C. The van der Waals surface area contributed by atoms with Crippen molar-refractivity contribution in [3.63, 3.8) is 0 Å². The van der Waals surface area contributed by atoms with E-state index in [1.165, 1.54) is 0 Å². The van der Waals surface area contributed by atoms with Crippen LogP contribution in [-0.2, 0) is 27.2 Å². The van der Waals surface area contributed by atoms with E-state index in [-0.39, 0.29) is 39.8 Å². The predicted molar refractivity (Wildman–Crippen MR) is 128 cm³/mol. The summed E-state index contributed by atoms with van der Waals surface area (Å²) < 4.78 is 52.3. The largest absolute Gasteiger partial charge is 0.337 e. The van der Waals surface area contributed by atoms with E-state index in [0.29, 0.717) is 19.1 Å². The monoisotopic (exact) mass is 462 g/mol. The van der Waals surface area contributed by atoms with Crippen LogP contribution in [-0.4, -0.2) is 40.6 Å². The smallest absolute Gasteiger partial charge is 0.147 e. The maximum absolute atomic E-state index is 13.6. The summed E-state index contributed by atoms with van der Waals surface area (Å²) in [6.45, 7) is 18.1. The van der Waals surface area contributed by atoms with Gasteiger partial charge in [-0.25, -0.2) is 0 Å². The van der Waals surface area contributed by atoms with Crippen LogP contribution in [0.2, 0.25) is 0 Å². The van der Waals surface area contributed by atoms with Crippen molar-refractivity contribution in [3.8, 4) is 0 Å². The van der Waals surface area contributed by atoms with Gasteiger partial charge in [0.1, 0.15) is 14.9 Å². The Morgan fingerprint density at radius 3 is 1.97 bits per heavy atom. The van der Waals surface area contributed by atoms with Crippen LogP contribution >= 0.6 is 14.9 Å². The van der Waals surface area contributed by atoms with Gasteiger partial charge in [0.05, 0.1) is 40.6 Å². The van der Waals surface area contributed by atoms with E-state index in [9.17, 15) is 9.13 Å². The Morgan fingerprint density at radius 1 is 0.833 bits per heavy atom. The molecule has 2 aliphatic carbocycles. The molecule has 0 aromatic rings. The Labute approximate surface area is 184 Å². The second kappa shape index (κ2) is 7.47. The molecule has 3 rings (SSSR count). The average Bonchev–Trinajstić information content (AvgIpc) is 2.85. The molecule has 0 amide bonds. The highest BCUT2D eigenvalue weighted by Crippen LogP contribution is 2.65. The summed E-state index contributed by atoms with van der Waals surface area (Å²) in [7, 11) is -7.43. The van der Waals surface area contributed by atoms with E-state index in [0.717, 1.165) is 12.8 Å². The molecule has 0 aromatic carbocycles. The summed E-state index contributed by atoms with van der Waals surface area (Å²) in [6, 6.07) is 0. The molecule has 30 heavy (non-hydrogen) atoms. The zero-order valence-corrected chi connectivity index (χ0v) is 20.3. The van der Waals surface area contributed by atoms with Gasteiger partial charge in [-0.3, -0.25) is 0 Å². The zero-order chi connectivity index (χ0) is 23.0. The third kappa shape index (κ3) is 4.19. The molecule has 0 N–H and O–H groups in total. The highest BCUT2D eigenvalue weighted by Gasteiger charge is 2.59. The van der Waals surface area contributed by atoms with Crippen LogP contribution in [0.15, 0.2) is 0 Å². The lowest BCUT2D eigenvalue weighted by atomic mass is 9.69. The summed E-state index contributed by atoms with van der Waals surface area (Å²) in [5.74, 6) is 0.616. The summed E-state index contributed by atoms with van der Waals surface area (Å²) in [4.78, 5) is 0. The van der Waals surface area contributed by atoms with Crippen LogP contribution in [0.4, 0.5) is 0 Å². The van der Waals surface area contributed by atoms with Gasteiger partial charge in [-0.1, -0.05) is 55.4 Å². The van der Waals surface area contributed by atoms with Crippen molar-refractivity contribution in [2.45, 2.75) is 80.4 Å². The molecule has 10 heteroatoms. The maximum atomic E-state index is 13.6. The minimum Gasteiger partial charge on any atom is -0.337 e. The number of hydrogen-bond donors (Lipinski definition) is 0. The van der Waals surface area contributed by atoms with Crippen LogP contribution in [0.3, 0.4) is 0 Å². The second-order valence-corrected chi connectivity index (χ2v) is 12.9. The molecule has 0 radical (unpaired) electrons. The summed E-state index contributed by atoms with van der Waals surface area (Å²) >= 11 is 0. The Kier molecular flexibility index (Phi) is 6.24. The van der Waals surface area contributed by atoms with Crippen molar-refractivity contribution in [1.29, 1.82) is 0 Å². The first-order valence-corrected chi connectivity index (χ1v) is 12.5. The molecule has 1 heterocycles. The molecule has 2 unspecified atom stereocenters. The quantitative estimate of drug-likeness (QED) is 0.402. The predicted octanol–water partition coefficient (Wildman–Crippen LogP) is 3.90. The molecule has 0 spiro atoms. The van der Waals surface area contributed by atoms with Gasteiger partial charge in [0, 0.05) is 5.41 Å². The fourth-order valence-corrected chi connectivity index (χ4v) is 8.14. The molecule has 2 saturated carbocycles. The Morgan fingerprint density at radius 2 is 1.37 bits per heavy atom. The number of fused-ring (bicyclic) bond motifs is 3. The van der Waals surface area contributed by atoms with Crippen molar-refractivity contribution in [1.82, 2.24) is 0 Å². The molecule has 3 aliphatic rings. The molecule has 6 nitrogen and oxygen atoms in total. The minimum atomic E-state index is -3.05. The zero-order valence-electron chi connectivity index (χ0n) is 18.5. The lowest BCUT2D eigenvalue weighted by Crippen LogP contribution is -2.41. The third-order valence-electron chi connectivity index (χ3n) is 8.29. The van der Waals surface area contributed by atoms with E-state index in [4.69, 9.17) is 18.1 Å². The van der Waals surface area contributed by atoms with Crippen LogP contribution in [0.5, 0.6) is 0 Å². The number of hydrogen-bond acceptors (Lipinski definition) is 6. The van der Waals surface area contributed by atoms with Gasteiger partial charge in [-0.05, 0) is 40.9 Å². The van der Waals surface area contributed by atoms with Gasteiger partial charge < -0.3 is 27.2 Å². The fourth-order valence-electron chi connectivity index (χ4n) is 5.87. The Bertz CT molecular complexity index is 789. The molecule has 1 aliphatic heterocycles. The van der Waals surface area contributed by atoms with Crippen molar-refractivity contribution in [2.75, 3.05) is 13.2 Å². The molecular weight excluding hydrogens is 420 g/mol. The Balaban J connectivity index is 2.03. The van der Waals surface area contributed by atoms with Crippen LogP contribution in [0, 0.1) is 33.5 Å². The summed E-state index contributed by atoms with van der Waals surface area (Å²) in [6.07, 6.45) is 1.37. The summed E-state index contributed by atoms with van der Waals surface area (Å²) in [5, 5.41) is 0. The molecular formula is C20H42B2O6P2-2. The van der Waals surface area contributed by atoms with E-state index < -0.39 is 30.1 Å². The van der Waals surface area contributed by atoms with E-state index in [1.807, 2.05) is 0 Å². The molecule has 1 saturated heterocycles. The van der Waals surface area contributed by atoms with E-state index in [1.54, 1.807) is 0 Å². The average molecular weight is 462 g/mol. The maximum Gasteiger partial charge on any atom is 0.147 e. The number of rotatable bonds is 0. The third-order valence-corrected chi connectivity index (χ3v) is 9.75. The normalized spacial score (nSPS) is 53.9. The lowest BCUT2D eigenvalue weighted by Gasteiger charge is -2.43. The van der Waals surface area contributed by atoms with Gasteiger partial charge in [-0.2, -0.15) is 0 Å². The van der Waals surface area contributed by atoms with Crippen molar-refractivity contribution < 1.29 is 27.2 Å². The first-order valence-electron chi connectivity index (χ1n) is 10.3. The van der Waals surface area contributed by atoms with Gasteiger partial charge in [0.25, 0.3) is 0 Å². The van der Waals surface area contributed by atoms with Crippen LogP contribution in [0.25, 0.3) is 0 Å². The van der Waals surface area contributed by atoms with Crippen molar-refractivity contribution >= 4 is 30.1 Å². The summed E-state index contributed by atoms with van der Waals surface area (Å²) in [5.41, 5.74) is -1.00. The van der Waals surface area contributed by atoms with Crippen molar-refractivity contribution in [2.24, 2.45) is 33.5 Å². The first-order chi connectivity index (χ1) is 13.4. The molecule has 176 valence electrons. The lowest BCUT2D eigenvalue weighted by molar-refractivity contribution is -0.0205. The highest BCUT2D eigenvalue weighted by molar-refractivity contribution is 7.79. The fraction of sp³-hybridized carbons (Fsp3) is 1.00. The van der Waals surface area contributed by atoms with E-state index in [2.05, 4.69) is 55.4 Å². The second-order valence-electron chi connectivity index (χ2n) is 11.0. The minimum absolute atomic E-state index is 0.151. The van der Waals surface area contributed by atoms with Gasteiger partial charge in [0.2, 0.25) is 0 Å². The molecule has 2 bridgehead atoms. The Hall–Kier alpha value is 0.430. The topological polar surface area (TPSA) is 71.1 Å². The van der Waals surface area contributed by atoms with Crippen LogP contribution < -0.4 is 0 Å². The van der Waals surface area contributed by atoms with E-state index >= 15 is 0 Å². The molecule has 3 fully saturated rings. The first kappa shape index (κ1) is 25.1. The molecule has 0 aromatic heterocycles. The van der Waals surface area contributed by atoms with Crippen molar-refractivity contribution in [3.05, 3.63) is 0 Å². The standard InChI is InChI=1S/C20H42B2O6P2/c1-13-9-20(8)12-26-30(22,24)28-16-17(3,4)14(2)10-19(16,7)11-25-29(21,23)27-15(13)18(20,5)6/h13-16H,9-12H2,1-8,21-22H3/q-2/t13-,14-,15+,16+,19-,20-,29?,30?/m1/s1. The highest BCUT2D eigenvalue weighted by atomic mass is 31.2. The van der Waals surface area contributed by atoms with Gasteiger partial charge >= 0.3 is 0 Å². The van der Waals surface area contributed by atoms with Gasteiger partial charge in [0.15, 0.2) is 0 Å². The van der Waals surface area contributed by atoms with Gasteiger partial charge in [-0.15, -0.1) is 0 Å². The van der Waals surface area contributed by atoms with Crippen LogP contribution in [0.1, 0.15) is 68.2 Å². The molecule has 8 atom stereocenters.